The zero-order valence-corrected chi connectivity index (χ0v) is 29.6. The molecule has 1 fully saturated rings. The van der Waals surface area contributed by atoms with Crippen LogP contribution in [0, 0.1) is 6.08 Å². The van der Waals surface area contributed by atoms with Gasteiger partial charge in [0.05, 0.1) is 0 Å². The van der Waals surface area contributed by atoms with Gasteiger partial charge in [0.1, 0.15) is 0 Å². The van der Waals surface area contributed by atoms with Gasteiger partial charge in [0, 0.05) is 10.8 Å². The van der Waals surface area contributed by atoms with Crippen molar-refractivity contribution in [2.75, 3.05) is 0 Å². The molecule has 2 aliphatic carbocycles. The maximum atomic E-state index is 2.99. The van der Waals surface area contributed by atoms with Crippen LogP contribution in [0.5, 0.6) is 0 Å². The number of allylic oxidation sites excluding steroid dienone is 4. The number of hydrogen-bond acceptors (Lipinski definition) is 0. The standard InChI is InChI=1S/C31H29.C5H5.C4H6.2ClH.Zr/c1-30(2,24-11-7-5-8-12-24)26-17-15-22-19-23-16-18-27(21-29(23)28(22)20-26)31(3,4)25-13-9-6-10-14-25;1-2-4-5-3-1;1-2-4-3-1;;;/h5-21H,1-4H3;1-3H,4H2;1-3H2;2*1H;/q2*-1;;;;+2/p-2. The van der Waals surface area contributed by atoms with Gasteiger partial charge < -0.3 is 24.8 Å². The zero-order chi connectivity index (χ0) is 28.9. The molecule has 0 atom stereocenters. The summed E-state index contributed by atoms with van der Waals surface area (Å²) in [7, 11) is 0. The molecule has 0 nitrogen and oxygen atoms in total. The summed E-state index contributed by atoms with van der Waals surface area (Å²) in [6.45, 7) is 9.27. The third-order valence-corrected chi connectivity index (χ3v) is 9.91. The van der Waals surface area contributed by atoms with Crippen molar-refractivity contribution in [2.24, 2.45) is 0 Å². The molecule has 220 valence electrons. The maximum absolute atomic E-state index is 2.99. The Morgan fingerprint density at radius 3 is 1.37 bits per heavy atom. The molecule has 43 heavy (non-hydrogen) atoms. The van der Waals surface area contributed by atoms with Crippen LogP contribution in [0.4, 0.5) is 0 Å². The van der Waals surface area contributed by atoms with Crippen molar-refractivity contribution < 1.29 is 49.0 Å². The van der Waals surface area contributed by atoms with Crippen molar-refractivity contribution in [3.8, 4) is 0 Å². The van der Waals surface area contributed by atoms with Gasteiger partial charge >= 0.3 is 46.7 Å². The summed E-state index contributed by atoms with van der Waals surface area (Å²) in [5.41, 5.74) is 5.31. The molecule has 0 aliphatic heterocycles. The van der Waals surface area contributed by atoms with E-state index in [4.69, 9.17) is 0 Å². The van der Waals surface area contributed by atoms with Gasteiger partial charge in [0.15, 0.2) is 0 Å². The Hall–Kier alpha value is -2.44. The summed E-state index contributed by atoms with van der Waals surface area (Å²) in [5.74, 6) is 0. The minimum atomic E-state index is -0.0417. The molecule has 1 saturated carbocycles. The monoisotopic (exact) mass is 680 g/mol. The first kappa shape index (κ1) is 35.0. The van der Waals surface area contributed by atoms with E-state index < -0.39 is 0 Å². The van der Waals surface area contributed by atoms with Crippen LogP contribution >= 0.6 is 0 Å². The van der Waals surface area contributed by atoms with E-state index in [1.165, 1.54) is 63.1 Å². The summed E-state index contributed by atoms with van der Waals surface area (Å²) in [6, 6.07) is 37.9. The molecule has 0 N–H and O–H groups in total. The van der Waals surface area contributed by atoms with Crippen LogP contribution in [0.1, 0.15) is 75.6 Å². The second-order valence-electron chi connectivity index (χ2n) is 12.2. The number of benzene rings is 4. The van der Waals surface area contributed by atoms with E-state index in [2.05, 4.69) is 143 Å². The van der Waals surface area contributed by atoms with Crippen LogP contribution in [0.15, 0.2) is 121 Å². The molecule has 2 aliphatic rings. The average Bonchev–Trinajstić information content (AvgIpc) is 3.69. The van der Waals surface area contributed by atoms with Gasteiger partial charge in [-0.2, -0.15) is 6.08 Å². The summed E-state index contributed by atoms with van der Waals surface area (Å²) < 4.78 is 1.78. The third-order valence-electron chi connectivity index (χ3n) is 8.69. The Balaban J connectivity index is 0.000000358. The van der Waals surface area contributed by atoms with Crippen LogP contribution in [0.3, 0.4) is 0 Å². The topological polar surface area (TPSA) is 0 Å². The van der Waals surface area contributed by atoms with E-state index in [-0.39, 0.29) is 35.6 Å². The van der Waals surface area contributed by atoms with E-state index >= 15 is 0 Å². The second-order valence-corrected chi connectivity index (χ2v) is 13.9. The van der Waals surface area contributed by atoms with Gasteiger partial charge in [-0.1, -0.05) is 124 Å². The van der Waals surface area contributed by atoms with Gasteiger partial charge in [0.25, 0.3) is 0 Å². The van der Waals surface area contributed by atoms with E-state index in [1.807, 2.05) is 12.2 Å². The average molecular weight is 683 g/mol. The van der Waals surface area contributed by atoms with Gasteiger partial charge in [-0.05, 0) is 11.1 Å². The van der Waals surface area contributed by atoms with Crippen molar-refractivity contribution in [3.63, 3.8) is 0 Å². The van der Waals surface area contributed by atoms with Crippen molar-refractivity contribution in [1.82, 2.24) is 0 Å². The van der Waals surface area contributed by atoms with Gasteiger partial charge in [-0.3, -0.25) is 6.08 Å². The SMILES string of the molecule is CC(C)(c1ccccc1)c1ccc2[cH-]c3ccc(C(C)(C)c4ccccc4)cc3c2c1.[C-]1=CC=CC1.[Cl-].[Cl-].[Zr+2]=[C]1CCC1. The van der Waals surface area contributed by atoms with E-state index in [0.717, 1.165) is 6.42 Å². The molecule has 0 radical (unpaired) electrons. The zero-order valence-electron chi connectivity index (χ0n) is 25.6. The number of hydrogen-bond donors (Lipinski definition) is 0. The number of halogens is 2. The van der Waals surface area contributed by atoms with Crippen LogP contribution < -0.4 is 24.8 Å². The minimum absolute atomic E-state index is 0. The first-order valence-corrected chi connectivity index (χ1v) is 16.0. The quantitative estimate of drug-likeness (QED) is 0.244. The van der Waals surface area contributed by atoms with Crippen molar-refractivity contribution >= 4 is 24.8 Å². The van der Waals surface area contributed by atoms with E-state index in [9.17, 15) is 0 Å². The molecule has 0 heterocycles. The number of fused-ring (bicyclic) bond motifs is 3. The summed E-state index contributed by atoms with van der Waals surface area (Å²) in [6.07, 6.45) is 14.4. The molecular weight excluding hydrogens is 643 g/mol. The molecule has 0 bridgehead atoms. The Bertz CT molecular complexity index is 1570. The summed E-state index contributed by atoms with van der Waals surface area (Å²) >= 11 is 1.67. The van der Waals surface area contributed by atoms with Crippen LogP contribution in [0.25, 0.3) is 21.5 Å². The Kier molecular flexibility index (Phi) is 12.7. The normalized spacial score (nSPS) is 13.7. The van der Waals surface area contributed by atoms with Crippen LogP contribution in [-0.2, 0) is 35.1 Å². The molecule has 7 rings (SSSR count). The summed E-state index contributed by atoms with van der Waals surface area (Å²) in [5, 5.41) is 5.33. The fourth-order valence-corrected chi connectivity index (χ4v) is 6.38. The van der Waals surface area contributed by atoms with Crippen molar-refractivity contribution in [2.45, 2.75) is 64.2 Å². The van der Waals surface area contributed by atoms with Crippen LogP contribution in [-0.4, -0.2) is 3.21 Å². The van der Waals surface area contributed by atoms with Crippen molar-refractivity contribution in [3.05, 3.63) is 150 Å². The molecular formula is C40H40Cl2Zr-2. The predicted molar refractivity (Wildman–Crippen MR) is 175 cm³/mol. The second kappa shape index (κ2) is 15.5. The van der Waals surface area contributed by atoms with Crippen LogP contribution in [0.2, 0.25) is 0 Å². The summed E-state index contributed by atoms with van der Waals surface area (Å²) in [4.78, 5) is 0. The third kappa shape index (κ3) is 8.19. The number of rotatable bonds is 4. The Morgan fingerprint density at radius 1 is 0.628 bits per heavy atom. The molecule has 5 aromatic rings. The predicted octanol–water partition coefficient (Wildman–Crippen LogP) is 4.57. The molecule has 0 spiro atoms. The van der Waals surface area contributed by atoms with E-state index in [0.29, 0.717) is 0 Å². The fourth-order valence-electron chi connectivity index (χ4n) is 5.51. The molecule has 0 unspecified atom stereocenters. The Labute approximate surface area is 285 Å². The molecule has 3 heteroatoms. The van der Waals surface area contributed by atoms with E-state index in [1.54, 1.807) is 27.4 Å². The first-order chi connectivity index (χ1) is 19.8. The molecule has 5 aromatic carbocycles. The molecule has 0 aromatic heterocycles. The van der Waals surface area contributed by atoms with Gasteiger partial charge in [-0.25, -0.2) is 12.2 Å². The fraction of sp³-hybridized carbons (Fsp3) is 0.250. The van der Waals surface area contributed by atoms with Crippen molar-refractivity contribution in [1.29, 1.82) is 0 Å². The Morgan fingerprint density at radius 2 is 1.07 bits per heavy atom. The first-order valence-electron chi connectivity index (χ1n) is 14.8. The molecule has 0 amide bonds. The van der Waals surface area contributed by atoms with Gasteiger partial charge in [-0.15, -0.1) is 46.2 Å². The molecule has 0 saturated heterocycles. The van der Waals surface area contributed by atoms with Gasteiger partial charge in [0.2, 0.25) is 0 Å².